The third kappa shape index (κ3) is 4.51. The van der Waals surface area contributed by atoms with Crippen LogP contribution in [0, 0.1) is 5.41 Å². The fourth-order valence-electron chi connectivity index (χ4n) is 1.96. The number of carbonyl (C=O) groups is 1. The quantitative estimate of drug-likeness (QED) is 0.825. The predicted octanol–water partition coefficient (Wildman–Crippen LogP) is 2.10. The van der Waals surface area contributed by atoms with Crippen LogP contribution in [0.1, 0.15) is 41.0 Å². The van der Waals surface area contributed by atoms with Gasteiger partial charge in [0, 0.05) is 23.9 Å². The second-order valence-electron chi connectivity index (χ2n) is 6.60. The van der Waals surface area contributed by atoms with E-state index in [-0.39, 0.29) is 22.1 Å². The van der Waals surface area contributed by atoms with Gasteiger partial charge in [-0.3, -0.25) is 4.79 Å². The number of rotatable bonds is 2. The molecule has 1 amide bonds. The minimum atomic E-state index is 0.0420. The van der Waals surface area contributed by atoms with E-state index in [1.807, 2.05) is 4.90 Å². The van der Waals surface area contributed by atoms with Crippen LogP contribution in [0.3, 0.4) is 0 Å². The Balaban J connectivity index is 2.49. The zero-order valence-electron chi connectivity index (χ0n) is 11.7. The lowest BCUT2D eigenvalue weighted by Crippen LogP contribution is -2.54. The Labute approximate surface area is 109 Å². The lowest BCUT2D eigenvalue weighted by Gasteiger charge is -2.42. The number of carbonyl (C=O) groups excluding carboxylic acids is 1. The zero-order chi connectivity index (χ0) is 13.3. The van der Waals surface area contributed by atoms with E-state index < -0.39 is 0 Å². The molecule has 3 nitrogen and oxygen atoms in total. The van der Waals surface area contributed by atoms with Crippen molar-refractivity contribution in [2.24, 2.45) is 11.1 Å². The standard InChI is InChI=1S/C13H26N2OS/c1-12(2,3)17-8-11(16)15-7-6-10(14)13(4,5)9-15/h10H,6-9,14H2,1-5H3. The molecule has 0 aliphatic carbocycles. The van der Waals surface area contributed by atoms with Crippen molar-refractivity contribution >= 4 is 17.7 Å². The van der Waals surface area contributed by atoms with Gasteiger partial charge in [-0.2, -0.15) is 0 Å². The molecule has 1 heterocycles. The first-order valence-electron chi connectivity index (χ1n) is 6.29. The van der Waals surface area contributed by atoms with Crippen LogP contribution in [0.15, 0.2) is 0 Å². The highest BCUT2D eigenvalue weighted by Gasteiger charge is 2.35. The van der Waals surface area contributed by atoms with E-state index in [0.717, 1.165) is 19.5 Å². The van der Waals surface area contributed by atoms with Crippen LogP contribution in [0.5, 0.6) is 0 Å². The number of amides is 1. The summed E-state index contributed by atoms with van der Waals surface area (Å²) in [7, 11) is 0. The third-order valence-electron chi connectivity index (χ3n) is 3.29. The number of nitrogens with two attached hydrogens (primary N) is 1. The van der Waals surface area contributed by atoms with E-state index >= 15 is 0 Å². The SMILES string of the molecule is CC(C)(C)SCC(=O)N1CCC(N)C(C)(C)C1. The molecule has 0 spiro atoms. The maximum atomic E-state index is 12.1. The maximum absolute atomic E-state index is 12.1. The number of hydrogen-bond acceptors (Lipinski definition) is 3. The number of hydrogen-bond donors (Lipinski definition) is 1. The van der Waals surface area contributed by atoms with Gasteiger partial charge in [0.1, 0.15) is 0 Å². The highest BCUT2D eigenvalue weighted by molar-refractivity contribution is 8.01. The van der Waals surface area contributed by atoms with E-state index in [0.29, 0.717) is 5.75 Å². The summed E-state index contributed by atoms with van der Waals surface area (Å²) in [5.41, 5.74) is 6.12. The smallest absolute Gasteiger partial charge is 0.232 e. The summed E-state index contributed by atoms with van der Waals surface area (Å²) < 4.78 is 0.150. The van der Waals surface area contributed by atoms with Crippen molar-refractivity contribution in [1.82, 2.24) is 4.90 Å². The molecule has 0 bridgehead atoms. The summed E-state index contributed by atoms with van der Waals surface area (Å²) in [6.45, 7) is 12.3. The molecule has 0 radical (unpaired) electrons. The van der Waals surface area contributed by atoms with Crippen molar-refractivity contribution in [3.8, 4) is 0 Å². The van der Waals surface area contributed by atoms with Gasteiger partial charge in [-0.25, -0.2) is 0 Å². The second-order valence-corrected chi connectivity index (χ2v) is 8.40. The number of thioether (sulfide) groups is 1. The van der Waals surface area contributed by atoms with Gasteiger partial charge in [-0.15, -0.1) is 11.8 Å². The van der Waals surface area contributed by atoms with Gasteiger partial charge < -0.3 is 10.6 Å². The molecule has 1 fully saturated rings. The summed E-state index contributed by atoms with van der Waals surface area (Å²) in [6.07, 6.45) is 0.916. The number of nitrogens with zero attached hydrogens (tertiary/aromatic N) is 1. The van der Waals surface area contributed by atoms with Crippen LogP contribution >= 0.6 is 11.8 Å². The van der Waals surface area contributed by atoms with Crippen molar-refractivity contribution < 1.29 is 4.79 Å². The molecule has 2 N–H and O–H groups in total. The van der Waals surface area contributed by atoms with Gasteiger partial charge in [-0.05, 0) is 11.8 Å². The zero-order valence-corrected chi connectivity index (χ0v) is 12.6. The summed E-state index contributed by atoms with van der Waals surface area (Å²) in [6, 6.07) is 0.210. The van der Waals surface area contributed by atoms with Gasteiger partial charge in [0.2, 0.25) is 5.91 Å². The molecule has 17 heavy (non-hydrogen) atoms. The predicted molar refractivity (Wildman–Crippen MR) is 75.2 cm³/mol. The topological polar surface area (TPSA) is 46.3 Å². The minimum absolute atomic E-state index is 0.0420. The monoisotopic (exact) mass is 258 g/mol. The van der Waals surface area contributed by atoms with Crippen LogP contribution < -0.4 is 5.73 Å². The lowest BCUT2D eigenvalue weighted by molar-refractivity contribution is -0.131. The third-order valence-corrected chi connectivity index (χ3v) is 4.55. The molecule has 1 aliphatic heterocycles. The van der Waals surface area contributed by atoms with Crippen molar-refractivity contribution in [3.63, 3.8) is 0 Å². The summed E-state index contributed by atoms with van der Waals surface area (Å²) in [4.78, 5) is 14.1. The van der Waals surface area contributed by atoms with Gasteiger partial charge in [0.05, 0.1) is 5.75 Å². The fourth-order valence-corrected chi connectivity index (χ4v) is 2.70. The lowest BCUT2D eigenvalue weighted by atomic mass is 9.80. The number of piperidine rings is 1. The summed E-state index contributed by atoms with van der Waals surface area (Å²) in [5.74, 6) is 0.833. The molecule has 1 aliphatic rings. The molecule has 100 valence electrons. The van der Waals surface area contributed by atoms with E-state index in [4.69, 9.17) is 5.73 Å². The summed E-state index contributed by atoms with van der Waals surface area (Å²) >= 11 is 1.71. The van der Waals surface area contributed by atoms with Crippen LogP contribution in [0.4, 0.5) is 0 Å². The Bertz CT molecular complexity index is 284. The molecule has 4 heteroatoms. The molecule has 0 aromatic heterocycles. The van der Waals surface area contributed by atoms with Crippen LogP contribution in [-0.4, -0.2) is 40.4 Å². The average molecular weight is 258 g/mol. The van der Waals surface area contributed by atoms with Gasteiger partial charge in [0.25, 0.3) is 0 Å². The van der Waals surface area contributed by atoms with E-state index in [9.17, 15) is 4.79 Å². The van der Waals surface area contributed by atoms with Crippen molar-refractivity contribution in [1.29, 1.82) is 0 Å². The molecule has 0 aromatic carbocycles. The molecular formula is C13H26N2OS. The summed E-state index contributed by atoms with van der Waals surface area (Å²) in [5, 5.41) is 0. The molecule has 1 saturated heterocycles. The Morgan fingerprint density at radius 3 is 2.53 bits per heavy atom. The van der Waals surface area contributed by atoms with Crippen LogP contribution in [0.25, 0.3) is 0 Å². The first kappa shape index (κ1) is 14.8. The molecule has 1 unspecified atom stereocenters. The van der Waals surface area contributed by atoms with Crippen molar-refractivity contribution in [2.45, 2.75) is 51.8 Å². The second kappa shape index (κ2) is 5.19. The normalized spacial score (nSPS) is 24.8. The van der Waals surface area contributed by atoms with Crippen molar-refractivity contribution in [2.75, 3.05) is 18.8 Å². The Morgan fingerprint density at radius 1 is 1.47 bits per heavy atom. The fraction of sp³-hybridized carbons (Fsp3) is 0.923. The van der Waals surface area contributed by atoms with Crippen molar-refractivity contribution in [3.05, 3.63) is 0 Å². The van der Waals surface area contributed by atoms with Gasteiger partial charge >= 0.3 is 0 Å². The first-order valence-corrected chi connectivity index (χ1v) is 7.28. The largest absolute Gasteiger partial charge is 0.341 e. The van der Waals surface area contributed by atoms with E-state index in [1.54, 1.807) is 11.8 Å². The minimum Gasteiger partial charge on any atom is -0.341 e. The van der Waals surface area contributed by atoms with Crippen LogP contribution in [-0.2, 0) is 4.79 Å². The first-order chi connectivity index (χ1) is 7.62. The maximum Gasteiger partial charge on any atom is 0.232 e. The number of likely N-dealkylation sites (tertiary alicyclic amines) is 1. The molecule has 1 atom stereocenters. The van der Waals surface area contributed by atoms with Gasteiger partial charge in [0.15, 0.2) is 0 Å². The Kier molecular flexibility index (Phi) is 4.53. The average Bonchev–Trinajstić information content (AvgIpc) is 2.17. The van der Waals surface area contributed by atoms with E-state index in [2.05, 4.69) is 34.6 Å². The Hall–Kier alpha value is -0.220. The molecule has 1 rings (SSSR count). The highest BCUT2D eigenvalue weighted by Crippen LogP contribution is 2.29. The molecule has 0 saturated carbocycles. The molecule has 0 aromatic rings. The van der Waals surface area contributed by atoms with Crippen LogP contribution in [0.2, 0.25) is 0 Å². The van der Waals surface area contributed by atoms with E-state index in [1.165, 1.54) is 0 Å². The highest BCUT2D eigenvalue weighted by atomic mass is 32.2. The Morgan fingerprint density at radius 2 is 2.06 bits per heavy atom. The van der Waals surface area contributed by atoms with Gasteiger partial charge in [-0.1, -0.05) is 34.6 Å². The molecular weight excluding hydrogens is 232 g/mol.